The fraction of sp³-hybridized carbons (Fsp3) is 0.647. The third-order valence-corrected chi connectivity index (χ3v) is 4.90. The highest BCUT2D eigenvalue weighted by Crippen LogP contribution is 2.52. The van der Waals surface area contributed by atoms with Crippen LogP contribution in [-0.2, 0) is 11.2 Å². The average Bonchev–Trinajstić information content (AvgIpc) is 2.73. The van der Waals surface area contributed by atoms with Gasteiger partial charge in [-0.15, -0.1) is 0 Å². The van der Waals surface area contributed by atoms with Crippen molar-refractivity contribution in [2.75, 3.05) is 0 Å². The van der Waals surface area contributed by atoms with E-state index < -0.39 is 0 Å². The molecule has 3 atom stereocenters. The third-order valence-electron chi connectivity index (χ3n) is 4.90. The number of rotatable bonds is 1. The summed E-state index contributed by atoms with van der Waals surface area (Å²) in [6, 6.07) is 8.29. The first-order valence-corrected chi connectivity index (χ1v) is 7.26. The Kier molecular flexibility index (Phi) is 2.81. The van der Waals surface area contributed by atoms with Crippen LogP contribution >= 0.6 is 0 Å². The van der Waals surface area contributed by atoms with Gasteiger partial charge in [0.05, 0.1) is 17.3 Å². The molecular weight excluding hydrogens is 236 g/mol. The Labute approximate surface area is 115 Å². The summed E-state index contributed by atoms with van der Waals surface area (Å²) in [6.07, 6.45) is 1.67. The number of benzene rings is 1. The van der Waals surface area contributed by atoms with Crippen molar-refractivity contribution < 1.29 is 9.84 Å². The molecule has 1 aromatic rings. The Morgan fingerprint density at radius 3 is 2.42 bits per heavy atom. The van der Waals surface area contributed by atoms with E-state index in [1.165, 1.54) is 5.56 Å². The molecule has 104 valence electrons. The van der Waals surface area contributed by atoms with Gasteiger partial charge in [-0.2, -0.15) is 0 Å². The molecule has 0 aromatic heterocycles. The van der Waals surface area contributed by atoms with Crippen LogP contribution in [0.15, 0.2) is 24.3 Å². The van der Waals surface area contributed by atoms with Gasteiger partial charge in [-0.3, -0.25) is 0 Å². The van der Waals surface area contributed by atoms with Crippen LogP contribution in [0.5, 0.6) is 0 Å². The molecule has 1 heterocycles. The predicted molar refractivity (Wildman–Crippen MR) is 75.9 cm³/mol. The second kappa shape index (κ2) is 4.07. The van der Waals surface area contributed by atoms with Crippen LogP contribution in [-0.4, -0.2) is 16.3 Å². The van der Waals surface area contributed by atoms with Gasteiger partial charge in [0.2, 0.25) is 0 Å². The van der Waals surface area contributed by atoms with Crippen molar-refractivity contribution >= 4 is 0 Å². The summed E-state index contributed by atoms with van der Waals surface area (Å²) in [5.74, 6) is 0.694. The normalized spacial score (nSPS) is 35.3. The molecular formula is C17H24O2. The Morgan fingerprint density at radius 1 is 1.16 bits per heavy atom. The van der Waals surface area contributed by atoms with E-state index >= 15 is 0 Å². The molecule has 2 nitrogen and oxygen atoms in total. The molecule has 0 saturated carbocycles. The highest BCUT2D eigenvalue weighted by Gasteiger charge is 2.52. The van der Waals surface area contributed by atoms with Crippen LogP contribution < -0.4 is 0 Å². The lowest BCUT2D eigenvalue weighted by Gasteiger charge is -2.32. The van der Waals surface area contributed by atoms with E-state index in [2.05, 4.69) is 45.9 Å². The van der Waals surface area contributed by atoms with Crippen LogP contribution in [0, 0.1) is 11.8 Å². The molecule has 1 fully saturated rings. The van der Waals surface area contributed by atoms with Crippen molar-refractivity contribution in [3.8, 4) is 0 Å². The smallest absolute Gasteiger partial charge is 0.0827 e. The van der Waals surface area contributed by atoms with E-state index in [0.29, 0.717) is 5.92 Å². The number of aliphatic hydroxyl groups is 1. The van der Waals surface area contributed by atoms with Crippen LogP contribution in [0.2, 0.25) is 0 Å². The zero-order valence-corrected chi connectivity index (χ0v) is 12.3. The SMILES string of the molecule is CC1(C)CC(C2Cc3ccccc3C2O)C(C)(C)O1. The molecule has 0 amide bonds. The molecule has 2 aliphatic rings. The van der Waals surface area contributed by atoms with Crippen molar-refractivity contribution in [1.82, 2.24) is 0 Å². The lowest BCUT2D eigenvalue weighted by molar-refractivity contribution is -0.0860. The molecule has 19 heavy (non-hydrogen) atoms. The summed E-state index contributed by atoms with van der Waals surface area (Å²) < 4.78 is 6.20. The van der Waals surface area contributed by atoms with Gasteiger partial charge in [0.1, 0.15) is 0 Å². The van der Waals surface area contributed by atoms with Gasteiger partial charge >= 0.3 is 0 Å². The highest BCUT2D eigenvalue weighted by atomic mass is 16.5. The van der Waals surface area contributed by atoms with E-state index in [1.807, 2.05) is 6.07 Å². The van der Waals surface area contributed by atoms with Crippen LogP contribution in [0.1, 0.15) is 51.3 Å². The number of hydrogen-bond donors (Lipinski definition) is 1. The minimum absolute atomic E-state index is 0.0807. The van der Waals surface area contributed by atoms with Crippen molar-refractivity contribution in [2.45, 2.75) is 57.8 Å². The number of ether oxygens (including phenoxy) is 1. The van der Waals surface area contributed by atoms with Gasteiger partial charge in [-0.1, -0.05) is 24.3 Å². The summed E-state index contributed by atoms with van der Waals surface area (Å²) in [5, 5.41) is 10.6. The Hall–Kier alpha value is -0.860. The minimum Gasteiger partial charge on any atom is -0.388 e. The highest BCUT2D eigenvalue weighted by molar-refractivity contribution is 5.35. The molecule has 1 aliphatic heterocycles. The van der Waals surface area contributed by atoms with E-state index in [1.54, 1.807) is 0 Å². The lowest BCUT2D eigenvalue weighted by atomic mass is 9.75. The first-order chi connectivity index (χ1) is 8.80. The van der Waals surface area contributed by atoms with E-state index in [9.17, 15) is 5.11 Å². The molecule has 0 radical (unpaired) electrons. The summed E-state index contributed by atoms with van der Waals surface area (Å²) in [4.78, 5) is 0. The van der Waals surface area contributed by atoms with Crippen molar-refractivity contribution in [1.29, 1.82) is 0 Å². The minimum atomic E-state index is -0.335. The van der Waals surface area contributed by atoms with Gasteiger partial charge < -0.3 is 9.84 Å². The Bertz CT molecular complexity index is 490. The van der Waals surface area contributed by atoms with Crippen molar-refractivity contribution in [3.63, 3.8) is 0 Å². The maximum Gasteiger partial charge on any atom is 0.0827 e. The standard InChI is InChI=1S/C17H24O2/c1-16(2)10-14(17(3,4)19-16)13-9-11-7-5-6-8-12(11)15(13)18/h5-8,13-15,18H,9-10H2,1-4H3. The van der Waals surface area contributed by atoms with E-state index in [4.69, 9.17) is 4.74 Å². The Morgan fingerprint density at radius 2 is 1.84 bits per heavy atom. The molecule has 0 bridgehead atoms. The van der Waals surface area contributed by atoms with Crippen molar-refractivity contribution in [3.05, 3.63) is 35.4 Å². The molecule has 1 aliphatic carbocycles. The van der Waals surface area contributed by atoms with Gasteiger partial charge in [-0.05, 0) is 63.5 Å². The topological polar surface area (TPSA) is 29.5 Å². The van der Waals surface area contributed by atoms with Gasteiger partial charge in [-0.25, -0.2) is 0 Å². The second-order valence-electron chi connectivity index (χ2n) is 7.29. The summed E-state index contributed by atoms with van der Waals surface area (Å²) in [6.45, 7) is 8.65. The van der Waals surface area contributed by atoms with Gasteiger partial charge in [0.25, 0.3) is 0 Å². The number of fused-ring (bicyclic) bond motifs is 1. The molecule has 3 unspecified atom stereocenters. The van der Waals surface area contributed by atoms with Crippen LogP contribution in [0.4, 0.5) is 0 Å². The predicted octanol–water partition coefficient (Wildman–Crippen LogP) is 3.49. The first-order valence-electron chi connectivity index (χ1n) is 7.26. The zero-order valence-electron chi connectivity index (χ0n) is 12.3. The third kappa shape index (κ3) is 2.11. The molecule has 0 spiro atoms. The molecule has 1 N–H and O–H groups in total. The lowest BCUT2D eigenvalue weighted by Crippen LogP contribution is -2.35. The number of hydrogen-bond acceptors (Lipinski definition) is 2. The Balaban J connectivity index is 1.90. The van der Waals surface area contributed by atoms with E-state index in [-0.39, 0.29) is 23.2 Å². The fourth-order valence-corrected chi connectivity index (χ4v) is 4.24. The molecule has 1 saturated heterocycles. The molecule has 1 aromatic carbocycles. The summed E-state index contributed by atoms with van der Waals surface area (Å²) in [7, 11) is 0. The molecule has 2 heteroatoms. The summed E-state index contributed by atoms with van der Waals surface area (Å²) >= 11 is 0. The van der Waals surface area contributed by atoms with Gasteiger partial charge in [0, 0.05) is 0 Å². The van der Waals surface area contributed by atoms with E-state index in [0.717, 1.165) is 18.4 Å². The maximum atomic E-state index is 10.6. The average molecular weight is 260 g/mol. The zero-order chi connectivity index (χ0) is 13.8. The quantitative estimate of drug-likeness (QED) is 0.837. The largest absolute Gasteiger partial charge is 0.388 e. The molecule has 3 rings (SSSR count). The monoisotopic (exact) mass is 260 g/mol. The maximum absolute atomic E-state index is 10.6. The van der Waals surface area contributed by atoms with Gasteiger partial charge in [0.15, 0.2) is 0 Å². The number of aliphatic hydroxyl groups excluding tert-OH is 1. The summed E-state index contributed by atoms with van der Waals surface area (Å²) in [5.41, 5.74) is 2.19. The van der Waals surface area contributed by atoms with Crippen LogP contribution in [0.25, 0.3) is 0 Å². The van der Waals surface area contributed by atoms with Crippen LogP contribution in [0.3, 0.4) is 0 Å². The van der Waals surface area contributed by atoms with Crippen molar-refractivity contribution in [2.24, 2.45) is 11.8 Å². The second-order valence-corrected chi connectivity index (χ2v) is 7.29. The first kappa shape index (κ1) is 13.1. The fourth-order valence-electron chi connectivity index (χ4n) is 4.24.